The fraction of sp³-hybridized carbons (Fsp3) is 0.389. The fourth-order valence-corrected chi connectivity index (χ4v) is 3.89. The van der Waals surface area contributed by atoms with Crippen LogP contribution < -0.4 is 4.90 Å². The van der Waals surface area contributed by atoms with E-state index >= 15 is 0 Å². The molecule has 3 aromatic rings. The van der Waals surface area contributed by atoms with Gasteiger partial charge in [0.2, 0.25) is 0 Å². The predicted molar refractivity (Wildman–Crippen MR) is 95.5 cm³/mol. The molecule has 1 saturated heterocycles. The van der Waals surface area contributed by atoms with E-state index in [0.29, 0.717) is 5.65 Å². The Balaban J connectivity index is 1.57. The maximum absolute atomic E-state index is 10.3. The van der Waals surface area contributed by atoms with Crippen molar-refractivity contribution in [1.29, 1.82) is 0 Å². The average Bonchev–Trinajstić information content (AvgIpc) is 3.38. The van der Waals surface area contributed by atoms with E-state index in [1.807, 2.05) is 12.1 Å². The molecule has 9 heteroatoms. The Kier molecular flexibility index (Phi) is 3.83. The van der Waals surface area contributed by atoms with Crippen LogP contribution in [0.1, 0.15) is 11.8 Å². The molecule has 0 saturated carbocycles. The molecule has 27 heavy (non-hydrogen) atoms. The molecule has 2 aliphatic heterocycles. The van der Waals surface area contributed by atoms with Gasteiger partial charge in [-0.15, -0.1) is 0 Å². The van der Waals surface area contributed by atoms with Crippen LogP contribution in [0.3, 0.4) is 0 Å². The molecule has 9 nitrogen and oxygen atoms in total. The second-order valence-corrected chi connectivity index (χ2v) is 6.78. The van der Waals surface area contributed by atoms with Crippen LogP contribution >= 0.6 is 0 Å². The first-order valence-corrected chi connectivity index (χ1v) is 8.85. The summed E-state index contributed by atoms with van der Waals surface area (Å²) in [4.78, 5) is 10.9. The van der Waals surface area contributed by atoms with Gasteiger partial charge in [0.05, 0.1) is 18.2 Å². The first kappa shape index (κ1) is 16.6. The third-order valence-electron chi connectivity index (χ3n) is 5.27. The lowest BCUT2D eigenvalue weighted by atomic mass is 10.1. The summed E-state index contributed by atoms with van der Waals surface area (Å²) in [5.74, 6) is 0.739. The van der Waals surface area contributed by atoms with Crippen molar-refractivity contribution in [2.75, 3.05) is 18.1 Å². The number of hydrogen-bond donors (Lipinski definition) is 3. The van der Waals surface area contributed by atoms with E-state index in [-0.39, 0.29) is 0 Å². The molecule has 0 unspecified atom stereocenters. The van der Waals surface area contributed by atoms with Gasteiger partial charge in [0, 0.05) is 12.2 Å². The van der Waals surface area contributed by atoms with Crippen molar-refractivity contribution in [3.05, 3.63) is 42.4 Å². The van der Waals surface area contributed by atoms with Crippen molar-refractivity contribution >= 4 is 22.5 Å². The molecular weight excluding hydrogens is 350 g/mol. The molecule has 1 aromatic carbocycles. The Morgan fingerprint density at radius 3 is 2.81 bits per heavy atom. The molecule has 0 bridgehead atoms. The minimum Gasteiger partial charge on any atom is -0.394 e. The van der Waals surface area contributed by atoms with Crippen molar-refractivity contribution in [2.45, 2.75) is 31.0 Å². The first-order chi connectivity index (χ1) is 13.2. The van der Waals surface area contributed by atoms with E-state index < -0.39 is 31.1 Å². The van der Waals surface area contributed by atoms with Gasteiger partial charge < -0.3 is 25.0 Å². The summed E-state index contributed by atoms with van der Waals surface area (Å²) in [7, 11) is 0. The lowest BCUT2D eigenvalue weighted by Crippen LogP contribution is -2.33. The van der Waals surface area contributed by atoms with Gasteiger partial charge in [0.15, 0.2) is 11.9 Å². The number of aromatic nitrogens is 4. The molecule has 4 atom stereocenters. The highest BCUT2D eigenvalue weighted by atomic mass is 16.6. The Hall–Kier alpha value is -2.59. The maximum atomic E-state index is 10.3. The van der Waals surface area contributed by atoms with Crippen LogP contribution in [0.2, 0.25) is 0 Å². The number of rotatable bonds is 3. The molecule has 0 spiro atoms. The van der Waals surface area contributed by atoms with E-state index in [2.05, 4.69) is 32.1 Å². The van der Waals surface area contributed by atoms with Crippen LogP contribution in [0, 0.1) is 0 Å². The Morgan fingerprint density at radius 2 is 2.00 bits per heavy atom. The first-order valence-electron chi connectivity index (χ1n) is 8.85. The number of hydrogen-bond acceptors (Lipinski definition) is 8. The van der Waals surface area contributed by atoms with E-state index in [9.17, 15) is 15.3 Å². The molecule has 2 aliphatic rings. The topological polar surface area (TPSA) is 117 Å². The third kappa shape index (κ3) is 2.43. The number of aliphatic hydroxyl groups excluding tert-OH is 3. The molecule has 0 aliphatic carbocycles. The van der Waals surface area contributed by atoms with Crippen LogP contribution in [0.25, 0.3) is 11.0 Å². The summed E-state index contributed by atoms with van der Waals surface area (Å²) in [6.07, 6.45) is -0.162. The third-order valence-corrected chi connectivity index (χ3v) is 5.27. The van der Waals surface area contributed by atoms with Crippen LogP contribution in [0.5, 0.6) is 0 Å². The van der Waals surface area contributed by atoms with Crippen molar-refractivity contribution in [2.24, 2.45) is 0 Å². The van der Waals surface area contributed by atoms with Gasteiger partial charge in [0.1, 0.15) is 30.5 Å². The fourth-order valence-electron chi connectivity index (χ4n) is 3.89. The molecule has 0 radical (unpaired) electrons. The lowest BCUT2D eigenvalue weighted by molar-refractivity contribution is -0.0566. The number of aliphatic hydroxyl groups is 3. The summed E-state index contributed by atoms with van der Waals surface area (Å²) in [6, 6.07) is 8.19. The highest BCUT2D eigenvalue weighted by Gasteiger charge is 2.44. The van der Waals surface area contributed by atoms with Gasteiger partial charge >= 0.3 is 0 Å². The predicted octanol–water partition coefficient (Wildman–Crippen LogP) is 0.132. The van der Waals surface area contributed by atoms with Crippen molar-refractivity contribution in [3.8, 4) is 0 Å². The minimum atomic E-state index is -1.21. The van der Waals surface area contributed by atoms with Crippen molar-refractivity contribution in [1.82, 2.24) is 19.7 Å². The Bertz CT molecular complexity index is 993. The number of ether oxygens (including phenoxy) is 1. The van der Waals surface area contributed by atoms with Gasteiger partial charge in [-0.1, -0.05) is 18.2 Å². The average molecular weight is 369 g/mol. The zero-order chi connectivity index (χ0) is 18.5. The largest absolute Gasteiger partial charge is 0.394 e. The molecule has 5 rings (SSSR count). The quantitative estimate of drug-likeness (QED) is 0.597. The zero-order valence-electron chi connectivity index (χ0n) is 14.4. The van der Waals surface area contributed by atoms with Gasteiger partial charge in [-0.2, -0.15) is 5.10 Å². The summed E-state index contributed by atoms with van der Waals surface area (Å²) in [5.41, 5.74) is 2.87. The lowest BCUT2D eigenvalue weighted by Gasteiger charge is -2.19. The van der Waals surface area contributed by atoms with Gasteiger partial charge in [0.25, 0.3) is 0 Å². The van der Waals surface area contributed by atoms with Crippen LogP contribution in [-0.4, -0.2) is 66.5 Å². The van der Waals surface area contributed by atoms with E-state index in [0.717, 1.165) is 29.9 Å². The van der Waals surface area contributed by atoms with Crippen molar-refractivity contribution < 1.29 is 20.1 Å². The number of para-hydroxylation sites is 1. The smallest absolute Gasteiger partial charge is 0.181 e. The molecule has 140 valence electrons. The molecular formula is C18H19N5O4. The van der Waals surface area contributed by atoms with Gasteiger partial charge in [-0.25, -0.2) is 14.6 Å². The Labute approximate surface area is 154 Å². The van der Waals surface area contributed by atoms with Crippen LogP contribution in [0.4, 0.5) is 11.5 Å². The highest BCUT2D eigenvalue weighted by Crippen LogP contribution is 2.37. The number of nitrogens with zero attached hydrogens (tertiary/aromatic N) is 5. The van der Waals surface area contributed by atoms with Crippen molar-refractivity contribution in [3.63, 3.8) is 0 Å². The number of fused-ring (bicyclic) bond motifs is 2. The van der Waals surface area contributed by atoms with E-state index in [4.69, 9.17) is 4.74 Å². The summed E-state index contributed by atoms with van der Waals surface area (Å²) >= 11 is 0. The molecule has 4 heterocycles. The monoisotopic (exact) mass is 369 g/mol. The number of benzene rings is 1. The SMILES string of the molecule is OC[C@H]1O[C@@H](n2ncc3c(N4CCc5ccccc54)ncnc32)[C@H](O)[C@@H]1O. The second kappa shape index (κ2) is 6.24. The molecule has 2 aromatic heterocycles. The Morgan fingerprint density at radius 1 is 1.15 bits per heavy atom. The van der Waals surface area contributed by atoms with Gasteiger partial charge in [-0.3, -0.25) is 0 Å². The molecule has 0 amide bonds. The minimum absolute atomic E-state index is 0.390. The number of anilines is 2. The maximum Gasteiger partial charge on any atom is 0.181 e. The molecule has 1 fully saturated rings. The second-order valence-electron chi connectivity index (χ2n) is 6.78. The summed E-state index contributed by atoms with van der Waals surface area (Å²) in [5, 5.41) is 34.7. The summed E-state index contributed by atoms with van der Waals surface area (Å²) < 4.78 is 7.02. The van der Waals surface area contributed by atoms with Gasteiger partial charge in [-0.05, 0) is 18.1 Å². The zero-order valence-corrected chi connectivity index (χ0v) is 14.4. The summed E-state index contributed by atoms with van der Waals surface area (Å²) in [6.45, 7) is 0.420. The van der Waals surface area contributed by atoms with E-state index in [1.54, 1.807) is 6.20 Å². The molecule has 3 N–H and O–H groups in total. The normalized spacial score (nSPS) is 27.4. The van der Waals surface area contributed by atoms with E-state index in [1.165, 1.54) is 16.6 Å². The standard InChI is InChI=1S/C18H19N5O4/c24-8-13-14(25)15(26)18(27-13)23-17-11(7-21-23)16(19-9-20-17)22-6-5-10-3-1-2-4-12(10)22/h1-4,7,9,13-15,18,24-26H,5-6,8H2/t13-,14-,15-,18-/m1/s1. The van der Waals surface area contributed by atoms with Crippen LogP contribution in [0.15, 0.2) is 36.8 Å². The highest BCUT2D eigenvalue weighted by molar-refractivity contribution is 5.90. The van der Waals surface area contributed by atoms with Crippen LogP contribution in [-0.2, 0) is 11.2 Å².